The SMILES string of the molecule is COc1cc(N2CCC3(CC2)CN(CCO)Cc2ccccc23)ncn1. The summed E-state index contributed by atoms with van der Waals surface area (Å²) >= 11 is 0. The van der Waals surface area contributed by atoms with Gasteiger partial charge in [0.25, 0.3) is 0 Å². The maximum Gasteiger partial charge on any atom is 0.218 e. The monoisotopic (exact) mass is 354 g/mol. The molecular formula is C20H26N4O2. The number of anilines is 1. The standard InChI is InChI=1S/C20H26N4O2/c1-26-19-12-18(21-15-22-19)24-8-6-20(7-9-24)14-23(10-11-25)13-16-4-2-3-5-17(16)20/h2-5,12,15,25H,6-11,13-14H2,1H3. The number of benzene rings is 1. The summed E-state index contributed by atoms with van der Waals surface area (Å²) in [5.74, 6) is 1.54. The normalized spacial score (nSPS) is 19.4. The second-order valence-corrected chi connectivity index (χ2v) is 7.28. The topological polar surface area (TPSA) is 61.7 Å². The molecule has 0 amide bonds. The van der Waals surface area contributed by atoms with Gasteiger partial charge in [-0.2, -0.15) is 0 Å². The number of piperidine rings is 1. The molecule has 0 unspecified atom stereocenters. The predicted molar refractivity (Wildman–Crippen MR) is 101 cm³/mol. The Kier molecular flexibility index (Phi) is 4.78. The summed E-state index contributed by atoms with van der Waals surface area (Å²) < 4.78 is 5.23. The number of hydrogen-bond acceptors (Lipinski definition) is 6. The van der Waals surface area contributed by atoms with Crippen molar-refractivity contribution in [1.29, 1.82) is 0 Å². The number of aliphatic hydroxyl groups is 1. The Morgan fingerprint density at radius 3 is 2.77 bits per heavy atom. The molecule has 0 radical (unpaired) electrons. The largest absolute Gasteiger partial charge is 0.481 e. The second-order valence-electron chi connectivity index (χ2n) is 7.28. The van der Waals surface area contributed by atoms with Gasteiger partial charge >= 0.3 is 0 Å². The lowest BCUT2D eigenvalue weighted by Gasteiger charge is -2.49. The number of nitrogens with zero attached hydrogens (tertiary/aromatic N) is 4. The molecule has 1 spiro atoms. The Morgan fingerprint density at radius 1 is 1.19 bits per heavy atom. The summed E-state index contributed by atoms with van der Waals surface area (Å²) in [6.07, 6.45) is 3.73. The van der Waals surface area contributed by atoms with Crippen LogP contribution in [0.1, 0.15) is 24.0 Å². The van der Waals surface area contributed by atoms with E-state index in [1.165, 1.54) is 11.1 Å². The third kappa shape index (κ3) is 3.15. The van der Waals surface area contributed by atoms with Gasteiger partial charge in [0.2, 0.25) is 5.88 Å². The number of ether oxygens (including phenoxy) is 1. The molecule has 138 valence electrons. The first-order chi connectivity index (χ1) is 12.7. The van der Waals surface area contributed by atoms with Gasteiger partial charge in [0.15, 0.2) is 0 Å². The van der Waals surface area contributed by atoms with Gasteiger partial charge in [-0.15, -0.1) is 0 Å². The number of aromatic nitrogens is 2. The van der Waals surface area contributed by atoms with Gasteiger partial charge in [-0.1, -0.05) is 24.3 Å². The molecule has 2 aliphatic heterocycles. The Hall–Kier alpha value is -2.18. The number of aliphatic hydroxyl groups excluding tert-OH is 1. The van der Waals surface area contributed by atoms with Crippen molar-refractivity contribution in [1.82, 2.24) is 14.9 Å². The molecule has 6 heteroatoms. The van der Waals surface area contributed by atoms with Gasteiger partial charge in [-0.25, -0.2) is 9.97 Å². The molecule has 0 aliphatic carbocycles. The van der Waals surface area contributed by atoms with E-state index in [4.69, 9.17) is 4.74 Å². The van der Waals surface area contributed by atoms with Crippen molar-refractivity contribution in [2.45, 2.75) is 24.8 Å². The smallest absolute Gasteiger partial charge is 0.218 e. The fourth-order valence-electron chi connectivity index (χ4n) is 4.49. The van der Waals surface area contributed by atoms with Gasteiger partial charge in [0.05, 0.1) is 13.7 Å². The van der Waals surface area contributed by atoms with Crippen LogP contribution in [0.4, 0.5) is 5.82 Å². The van der Waals surface area contributed by atoms with Crippen LogP contribution in [0.25, 0.3) is 0 Å². The van der Waals surface area contributed by atoms with Crippen LogP contribution in [-0.2, 0) is 12.0 Å². The molecule has 4 rings (SSSR count). The van der Waals surface area contributed by atoms with Crippen molar-refractivity contribution >= 4 is 5.82 Å². The Labute approximate surface area is 154 Å². The predicted octanol–water partition coefficient (Wildman–Crippen LogP) is 1.83. The fourth-order valence-corrected chi connectivity index (χ4v) is 4.49. The Bertz CT molecular complexity index is 759. The minimum Gasteiger partial charge on any atom is -0.481 e. The molecule has 1 aromatic carbocycles. The molecule has 0 saturated carbocycles. The zero-order valence-electron chi connectivity index (χ0n) is 15.3. The van der Waals surface area contributed by atoms with Crippen molar-refractivity contribution in [2.24, 2.45) is 0 Å². The third-order valence-electron chi connectivity index (χ3n) is 5.81. The highest BCUT2D eigenvalue weighted by atomic mass is 16.5. The maximum atomic E-state index is 9.42. The highest BCUT2D eigenvalue weighted by Gasteiger charge is 2.41. The second kappa shape index (κ2) is 7.21. The van der Waals surface area contributed by atoms with Gasteiger partial charge in [0, 0.05) is 44.2 Å². The lowest BCUT2D eigenvalue weighted by Crippen LogP contribution is -2.52. The van der Waals surface area contributed by atoms with Gasteiger partial charge in [0.1, 0.15) is 12.1 Å². The van der Waals surface area contributed by atoms with Crippen molar-refractivity contribution < 1.29 is 9.84 Å². The summed E-state index contributed by atoms with van der Waals surface area (Å²) in [4.78, 5) is 13.2. The van der Waals surface area contributed by atoms with Crippen molar-refractivity contribution in [2.75, 3.05) is 44.8 Å². The number of fused-ring (bicyclic) bond motifs is 2. The van der Waals surface area contributed by atoms with Gasteiger partial charge in [-0.05, 0) is 24.0 Å². The molecule has 0 atom stereocenters. The van der Waals surface area contributed by atoms with E-state index in [-0.39, 0.29) is 12.0 Å². The van der Waals surface area contributed by atoms with Crippen molar-refractivity contribution in [3.8, 4) is 5.88 Å². The molecule has 1 N–H and O–H groups in total. The van der Waals surface area contributed by atoms with E-state index < -0.39 is 0 Å². The first-order valence-corrected chi connectivity index (χ1v) is 9.27. The van der Waals surface area contributed by atoms with Gasteiger partial charge < -0.3 is 14.7 Å². The third-order valence-corrected chi connectivity index (χ3v) is 5.81. The fraction of sp³-hybridized carbons (Fsp3) is 0.500. The minimum atomic E-state index is 0.164. The van der Waals surface area contributed by atoms with Crippen LogP contribution in [-0.4, -0.2) is 59.9 Å². The highest BCUT2D eigenvalue weighted by Crippen LogP contribution is 2.42. The summed E-state index contributed by atoms with van der Waals surface area (Å²) in [7, 11) is 1.63. The molecule has 1 fully saturated rings. The van der Waals surface area contributed by atoms with E-state index in [0.717, 1.165) is 51.4 Å². The molecule has 6 nitrogen and oxygen atoms in total. The first kappa shape index (κ1) is 17.2. The van der Waals surface area contributed by atoms with Crippen LogP contribution in [0, 0.1) is 0 Å². The Balaban J connectivity index is 1.56. The van der Waals surface area contributed by atoms with Crippen molar-refractivity contribution in [3.05, 3.63) is 47.8 Å². The van der Waals surface area contributed by atoms with E-state index in [2.05, 4.69) is 44.0 Å². The van der Waals surface area contributed by atoms with Crippen LogP contribution >= 0.6 is 0 Å². The lowest BCUT2D eigenvalue weighted by molar-refractivity contribution is 0.125. The van der Waals surface area contributed by atoms with E-state index in [1.807, 2.05) is 6.07 Å². The molecule has 1 aromatic heterocycles. The zero-order chi connectivity index (χ0) is 18.0. The molecule has 2 aromatic rings. The molecule has 2 aliphatic rings. The number of rotatable bonds is 4. The number of hydrogen-bond donors (Lipinski definition) is 1. The van der Waals surface area contributed by atoms with Gasteiger partial charge in [-0.3, -0.25) is 4.90 Å². The Morgan fingerprint density at radius 2 is 2.00 bits per heavy atom. The lowest BCUT2D eigenvalue weighted by atomic mass is 9.69. The molecule has 26 heavy (non-hydrogen) atoms. The van der Waals surface area contributed by atoms with E-state index in [1.54, 1.807) is 13.4 Å². The van der Waals surface area contributed by atoms with Crippen LogP contribution < -0.4 is 9.64 Å². The van der Waals surface area contributed by atoms with E-state index in [0.29, 0.717) is 5.88 Å². The minimum absolute atomic E-state index is 0.164. The maximum absolute atomic E-state index is 9.42. The van der Waals surface area contributed by atoms with Crippen LogP contribution in [0.3, 0.4) is 0 Å². The summed E-state index contributed by atoms with van der Waals surface area (Å²) in [6.45, 7) is 4.83. The highest BCUT2D eigenvalue weighted by molar-refractivity contribution is 5.44. The van der Waals surface area contributed by atoms with E-state index in [9.17, 15) is 5.11 Å². The van der Waals surface area contributed by atoms with Crippen LogP contribution in [0.2, 0.25) is 0 Å². The summed E-state index contributed by atoms with van der Waals surface area (Å²) in [6, 6.07) is 10.7. The summed E-state index contributed by atoms with van der Waals surface area (Å²) in [5, 5.41) is 9.42. The first-order valence-electron chi connectivity index (χ1n) is 9.27. The summed E-state index contributed by atoms with van der Waals surface area (Å²) in [5.41, 5.74) is 3.07. The quantitative estimate of drug-likeness (QED) is 0.904. The molecular weight excluding hydrogens is 328 g/mol. The average Bonchev–Trinajstić information content (AvgIpc) is 2.69. The molecule has 1 saturated heterocycles. The zero-order valence-corrected chi connectivity index (χ0v) is 15.3. The molecule has 3 heterocycles. The molecule has 0 bridgehead atoms. The van der Waals surface area contributed by atoms with Crippen LogP contribution in [0.15, 0.2) is 36.7 Å². The average molecular weight is 354 g/mol. The van der Waals surface area contributed by atoms with E-state index >= 15 is 0 Å². The van der Waals surface area contributed by atoms with Crippen LogP contribution in [0.5, 0.6) is 5.88 Å². The number of β-amino-alcohol motifs (C(OH)–C–C–N with tert-alkyl or cyclic N) is 1. The number of methoxy groups -OCH3 is 1. The van der Waals surface area contributed by atoms with Crippen molar-refractivity contribution in [3.63, 3.8) is 0 Å².